The number of rotatable bonds is 3. The highest BCUT2D eigenvalue weighted by Gasteiger charge is 2.06. The zero-order valence-electron chi connectivity index (χ0n) is 9.28. The molecular formula is C14H15FO. The quantitative estimate of drug-likeness (QED) is 0.830. The largest absolute Gasteiger partial charge is 0.388 e. The zero-order chi connectivity index (χ0) is 11.5. The number of hydrogen-bond acceptors (Lipinski definition) is 1. The number of aliphatic hydroxyl groups is 1. The summed E-state index contributed by atoms with van der Waals surface area (Å²) in [6.07, 6.45) is 1.29. The van der Waals surface area contributed by atoms with E-state index in [0.29, 0.717) is 0 Å². The van der Waals surface area contributed by atoms with Gasteiger partial charge in [0, 0.05) is 0 Å². The van der Waals surface area contributed by atoms with Crippen LogP contribution in [0.4, 0.5) is 4.39 Å². The minimum atomic E-state index is -0.417. The lowest BCUT2D eigenvalue weighted by Gasteiger charge is -2.10. The van der Waals surface area contributed by atoms with Crippen LogP contribution in [0.25, 0.3) is 10.8 Å². The van der Waals surface area contributed by atoms with E-state index >= 15 is 0 Å². The van der Waals surface area contributed by atoms with E-state index in [-0.39, 0.29) is 5.82 Å². The number of hydrogen-bond donors (Lipinski definition) is 1. The Morgan fingerprint density at radius 2 is 1.81 bits per heavy atom. The van der Waals surface area contributed by atoms with Crippen molar-refractivity contribution in [3.63, 3.8) is 0 Å². The van der Waals surface area contributed by atoms with Crippen LogP contribution in [0.15, 0.2) is 36.4 Å². The minimum Gasteiger partial charge on any atom is -0.388 e. The monoisotopic (exact) mass is 218 g/mol. The van der Waals surface area contributed by atoms with Crippen molar-refractivity contribution >= 4 is 10.8 Å². The Morgan fingerprint density at radius 3 is 2.56 bits per heavy atom. The van der Waals surface area contributed by atoms with E-state index in [1.807, 2.05) is 25.1 Å². The molecule has 0 bridgehead atoms. The number of benzene rings is 2. The van der Waals surface area contributed by atoms with Gasteiger partial charge in [0.1, 0.15) is 5.82 Å². The van der Waals surface area contributed by atoms with Gasteiger partial charge in [-0.05, 0) is 41.0 Å². The third-order valence-corrected chi connectivity index (χ3v) is 2.77. The molecule has 0 saturated carbocycles. The molecule has 0 aliphatic rings. The van der Waals surface area contributed by atoms with Gasteiger partial charge in [0.05, 0.1) is 6.10 Å². The smallest absolute Gasteiger partial charge is 0.123 e. The van der Waals surface area contributed by atoms with Gasteiger partial charge in [0.25, 0.3) is 0 Å². The summed E-state index contributed by atoms with van der Waals surface area (Å²) in [5.74, 6) is -0.227. The first-order valence-corrected chi connectivity index (χ1v) is 5.58. The summed E-state index contributed by atoms with van der Waals surface area (Å²) in [6.45, 7) is 2.04. The Kier molecular flexibility index (Phi) is 3.20. The second kappa shape index (κ2) is 4.62. The summed E-state index contributed by atoms with van der Waals surface area (Å²) >= 11 is 0. The van der Waals surface area contributed by atoms with E-state index in [9.17, 15) is 9.50 Å². The highest BCUT2D eigenvalue weighted by Crippen LogP contribution is 2.23. The maximum atomic E-state index is 13.0. The summed E-state index contributed by atoms with van der Waals surface area (Å²) in [5.41, 5.74) is 0.904. The molecule has 1 unspecified atom stereocenters. The zero-order valence-corrected chi connectivity index (χ0v) is 9.28. The molecule has 1 N–H and O–H groups in total. The fourth-order valence-electron chi connectivity index (χ4n) is 1.88. The molecule has 2 rings (SSSR count). The van der Waals surface area contributed by atoms with Crippen molar-refractivity contribution in [3.8, 4) is 0 Å². The Bertz CT molecular complexity index is 493. The molecule has 2 aromatic rings. The van der Waals surface area contributed by atoms with Gasteiger partial charge in [0.15, 0.2) is 0 Å². The molecule has 0 aliphatic heterocycles. The third kappa shape index (κ3) is 2.22. The second-order valence-corrected chi connectivity index (χ2v) is 4.06. The lowest BCUT2D eigenvalue weighted by atomic mass is 10.0. The van der Waals surface area contributed by atoms with Crippen LogP contribution < -0.4 is 0 Å². The van der Waals surface area contributed by atoms with Crippen molar-refractivity contribution in [2.45, 2.75) is 25.9 Å². The van der Waals surface area contributed by atoms with Gasteiger partial charge in [-0.2, -0.15) is 0 Å². The molecule has 1 nitrogen and oxygen atoms in total. The van der Waals surface area contributed by atoms with Crippen LogP contribution in [0, 0.1) is 5.82 Å². The van der Waals surface area contributed by atoms with E-state index in [1.54, 1.807) is 6.07 Å². The molecule has 1 atom stereocenters. The summed E-state index contributed by atoms with van der Waals surface area (Å²) in [7, 11) is 0. The number of halogens is 1. The molecular weight excluding hydrogens is 203 g/mol. The molecule has 0 aliphatic carbocycles. The van der Waals surface area contributed by atoms with Gasteiger partial charge in [-0.1, -0.05) is 31.5 Å². The summed E-state index contributed by atoms with van der Waals surface area (Å²) in [5, 5.41) is 11.7. The van der Waals surface area contributed by atoms with Crippen molar-refractivity contribution in [3.05, 3.63) is 47.8 Å². The molecule has 84 valence electrons. The summed E-state index contributed by atoms with van der Waals surface area (Å²) in [4.78, 5) is 0. The van der Waals surface area contributed by atoms with Gasteiger partial charge in [-0.25, -0.2) is 4.39 Å². The van der Waals surface area contributed by atoms with Gasteiger partial charge in [-0.3, -0.25) is 0 Å². The molecule has 16 heavy (non-hydrogen) atoms. The lowest BCUT2D eigenvalue weighted by molar-refractivity contribution is 0.166. The predicted molar refractivity (Wildman–Crippen MR) is 63.8 cm³/mol. The van der Waals surface area contributed by atoms with E-state index in [0.717, 1.165) is 29.2 Å². The van der Waals surface area contributed by atoms with Crippen LogP contribution in [-0.2, 0) is 0 Å². The van der Waals surface area contributed by atoms with Crippen LogP contribution in [0.5, 0.6) is 0 Å². The first-order valence-electron chi connectivity index (χ1n) is 5.58. The first kappa shape index (κ1) is 11.1. The molecule has 2 aromatic carbocycles. The van der Waals surface area contributed by atoms with Crippen molar-refractivity contribution in [2.24, 2.45) is 0 Å². The third-order valence-electron chi connectivity index (χ3n) is 2.77. The number of aliphatic hydroxyl groups excluding tert-OH is 1. The van der Waals surface area contributed by atoms with Crippen molar-refractivity contribution < 1.29 is 9.50 Å². The van der Waals surface area contributed by atoms with Gasteiger partial charge >= 0.3 is 0 Å². The molecule has 0 heterocycles. The summed E-state index contributed by atoms with van der Waals surface area (Å²) in [6, 6.07) is 10.3. The van der Waals surface area contributed by atoms with Gasteiger partial charge in [-0.15, -0.1) is 0 Å². The lowest BCUT2D eigenvalue weighted by Crippen LogP contribution is -1.96. The number of fused-ring (bicyclic) bond motifs is 1. The average molecular weight is 218 g/mol. The van der Waals surface area contributed by atoms with Crippen molar-refractivity contribution in [1.29, 1.82) is 0 Å². The molecule has 0 amide bonds. The van der Waals surface area contributed by atoms with Crippen LogP contribution in [0.2, 0.25) is 0 Å². The van der Waals surface area contributed by atoms with Gasteiger partial charge < -0.3 is 5.11 Å². The Morgan fingerprint density at radius 1 is 1.12 bits per heavy atom. The van der Waals surface area contributed by atoms with Crippen LogP contribution >= 0.6 is 0 Å². The Labute approximate surface area is 94.5 Å². The van der Waals surface area contributed by atoms with E-state index in [4.69, 9.17) is 0 Å². The molecule has 0 aromatic heterocycles. The van der Waals surface area contributed by atoms with E-state index in [2.05, 4.69) is 0 Å². The molecule has 0 fully saturated rings. The Hall–Kier alpha value is -1.41. The summed E-state index contributed by atoms with van der Waals surface area (Å²) < 4.78 is 13.0. The molecule has 2 heteroatoms. The fraction of sp³-hybridized carbons (Fsp3) is 0.286. The van der Waals surface area contributed by atoms with E-state index in [1.165, 1.54) is 12.1 Å². The normalized spacial score (nSPS) is 12.9. The van der Waals surface area contributed by atoms with Crippen LogP contribution in [0.3, 0.4) is 0 Å². The average Bonchev–Trinajstić information content (AvgIpc) is 2.28. The standard InChI is InChI=1S/C14H15FO/c1-2-3-14(16)12-5-4-11-9-13(15)7-6-10(11)8-12/h4-9,14,16H,2-3H2,1H3. The highest BCUT2D eigenvalue weighted by molar-refractivity contribution is 5.83. The molecule has 0 radical (unpaired) electrons. The predicted octanol–water partition coefficient (Wildman–Crippen LogP) is 3.81. The molecule has 0 saturated heterocycles. The van der Waals surface area contributed by atoms with E-state index < -0.39 is 6.10 Å². The minimum absolute atomic E-state index is 0.227. The maximum absolute atomic E-state index is 13.0. The fourth-order valence-corrected chi connectivity index (χ4v) is 1.88. The molecule has 0 spiro atoms. The van der Waals surface area contributed by atoms with Gasteiger partial charge in [0.2, 0.25) is 0 Å². The van der Waals surface area contributed by atoms with Crippen LogP contribution in [-0.4, -0.2) is 5.11 Å². The van der Waals surface area contributed by atoms with Crippen molar-refractivity contribution in [2.75, 3.05) is 0 Å². The van der Waals surface area contributed by atoms with Crippen LogP contribution in [0.1, 0.15) is 31.4 Å². The maximum Gasteiger partial charge on any atom is 0.123 e. The Balaban J connectivity index is 2.40. The second-order valence-electron chi connectivity index (χ2n) is 4.06. The topological polar surface area (TPSA) is 20.2 Å². The first-order chi connectivity index (χ1) is 7.70. The van der Waals surface area contributed by atoms with Crippen molar-refractivity contribution in [1.82, 2.24) is 0 Å². The SMILES string of the molecule is CCCC(O)c1ccc2cc(F)ccc2c1. The highest BCUT2D eigenvalue weighted by atomic mass is 19.1.